The van der Waals surface area contributed by atoms with E-state index in [1.165, 1.54) is 24.4 Å². The Balaban J connectivity index is 1.75. The average molecular weight is 469 g/mol. The van der Waals surface area contributed by atoms with Crippen LogP contribution in [0.15, 0.2) is 39.8 Å². The van der Waals surface area contributed by atoms with Crippen LogP contribution in [0.25, 0.3) is 0 Å². The van der Waals surface area contributed by atoms with Gasteiger partial charge >= 0.3 is 0 Å². The quantitative estimate of drug-likeness (QED) is 0.713. The van der Waals surface area contributed by atoms with Gasteiger partial charge in [0.1, 0.15) is 33.7 Å². The van der Waals surface area contributed by atoms with E-state index in [4.69, 9.17) is 11.0 Å². The number of benzene rings is 1. The number of amides is 1. The minimum Gasteiger partial charge on any atom is -0.386 e. The van der Waals surface area contributed by atoms with Gasteiger partial charge in [0.05, 0.1) is 20.5 Å². The van der Waals surface area contributed by atoms with Gasteiger partial charge in [-0.15, -0.1) is 0 Å². The van der Waals surface area contributed by atoms with Crippen molar-refractivity contribution >= 4 is 27.2 Å². The summed E-state index contributed by atoms with van der Waals surface area (Å²) in [5, 5.41) is 11.2. The topological polar surface area (TPSA) is 134 Å². The number of fused-ring (bicyclic) bond motifs is 1. The number of anilines is 1. The van der Waals surface area contributed by atoms with E-state index < -0.39 is 37.0 Å². The third-order valence-corrected chi connectivity index (χ3v) is 10.3. The van der Waals surface area contributed by atoms with Crippen LogP contribution in [-0.2, 0) is 15.3 Å². The monoisotopic (exact) mass is 468 g/mol. The van der Waals surface area contributed by atoms with Crippen LogP contribution in [-0.4, -0.2) is 37.5 Å². The molecule has 3 heterocycles. The lowest BCUT2D eigenvalue weighted by atomic mass is 9.85. The molecule has 0 unspecified atom stereocenters. The highest BCUT2D eigenvalue weighted by atomic mass is 32.2. The summed E-state index contributed by atoms with van der Waals surface area (Å²) in [5.41, 5.74) is 6.61. The summed E-state index contributed by atoms with van der Waals surface area (Å²) in [6.07, 6.45) is 1.82. The Bertz CT molecular complexity index is 1370. The van der Waals surface area contributed by atoms with Gasteiger partial charge in [-0.1, -0.05) is 0 Å². The number of aryl methyl sites for hydroxylation is 1. The molecule has 0 aliphatic carbocycles. The first-order valence-corrected chi connectivity index (χ1v) is 12.1. The van der Waals surface area contributed by atoms with Crippen LogP contribution in [0.2, 0.25) is 0 Å². The van der Waals surface area contributed by atoms with E-state index in [1.54, 1.807) is 33.8 Å². The van der Waals surface area contributed by atoms with Crippen molar-refractivity contribution in [1.29, 1.82) is 5.26 Å². The standard InChI is InChI=1S/C23H25FN6O2S/c1-13-9-14(11-25)12-27-19(13)20(31)29-15-5-6-17(24)16(10-15)23(4)18-7-8-28-33(18,32)22(2,3)21(26)30-23/h5-6,9-10,12,18H,7-8H2,1-4H3,(H2,26,30)(H,29,31)/t18-,23+,33+/m0/s1. The molecule has 1 amide bonds. The lowest BCUT2D eigenvalue weighted by Gasteiger charge is -2.44. The van der Waals surface area contributed by atoms with E-state index in [-0.39, 0.29) is 17.1 Å². The molecule has 4 rings (SSSR count). The zero-order valence-corrected chi connectivity index (χ0v) is 19.7. The van der Waals surface area contributed by atoms with Gasteiger partial charge in [-0.05, 0) is 63.9 Å². The van der Waals surface area contributed by atoms with E-state index in [9.17, 15) is 9.00 Å². The third-order valence-electron chi connectivity index (χ3n) is 6.58. The molecular formula is C23H25FN6O2S. The molecule has 1 aromatic carbocycles. The van der Waals surface area contributed by atoms with Gasteiger partial charge in [0, 0.05) is 24.0 Å². The van der Waals surface area contributed by atoms with Crippen LogP contribution in [0, 0.1) is 24.1 Å². The summed E-state index contributed by atoms with van der Waals surface area (Å²) >= 11 is 0. The van der Waals surface area contributed by atoms with Gasteiger partial charge < -0.3 is 11.1 Å². The number of nitrogens with zero attached hydrogens (tertiary/aromatic N) is 4. The number of aromatic nitrogens is 1. The van der Waals surface area contributed by atoms with Crippen molar-refractivity contribution in [3.63, 3.8) is 0 Å². The molecule has 0 fully saturated rings. The second-order valence-corrected chi connectivity index (χ2v) is 12.0. The molecule has 33 heavy (non-hydrogen) atoms. The molecule has 0 spiro atoms. The van der Waals surface area contributed by atoms with Crippen molar-refractivity contribution in [2.75, 3.05) is 11.9 Å². The minimum atomic E-state index is -2.81. The van der Waals surface area contributed by atoms with Gasteiger partial charge in [-0.2, -0.15) is 5.26 Å². The fourth-order valence-corrected chi connectivity index (χ4v) is 7.72. The Labute approximate surface area is 192 Å². The summed E-state index contributed by atoms with van der Waals surface area (Å²) < 4.78 is 32.5. The Kier molecular flexibility index (Phi) is 5.28. The number of aliphatic imine (C=N–C) groups is 1. The second kappa shape index (κ2) is 7.63. The highest BCUT2D eigenvalue weighted by Gasteiger charge is 2.56. The van der Waals surface area contributed by atoms with Crippen molar-refractivity contribution < 1.29 is 13.4 Å². The summed E-state index contributed by atoms with van der Waals surface area (Å²) in [5.74, 6) is -0.858. The summed E-state index contributed by atoms with van der Waals surface area (Å²) in [6.45, 7) is 7.32. The molecule has 0 saturated heterocycles. The SMILES string of the molecule is Cc1cc(C#N)cnc1C(=O)Nc1ccc(F)c([C@@]2(C)N=C(N)C(C)(C)[S@@]3(=O)=NCC[C@@H]23)c1. The Morgan fingerprint density at radius 1 is 1.33 bits per heavy atom. The summed E-state index contributed by atoms with van der Waals surface area (Å²) in [7, 11) is -2.81. The number of rotatable bonds is 3. The largest absolute Gasteiger partial charge is 0.386 e. The predicted molar refractivity (Wildman–Crippen MR) is 125 cm³/mol. The molecule has 0 saturated carbocycles. The smallest absolute Gasteiger partial charge is 0.274 e. The molecule has 172 valence electrons. The van der Waals surface area contributed by atoms with Gasteiger partial charge in [0.2, 0.25) is 0 Å². The normalized spacial score (nSPS) is 27.6. The van der Waals surface area contributed by atoms with Crippen LogP contribution in [0.4, 0.5) is 10.1 Å². The molecule has 0 bridgehead atoms. The van der Waals surface area contributed by atoms with E-state index in [0.29, 0.717) is 29.8 Å². The van der Waals surface area contributed by atoms with Crippen molar-refractivity contribution in [1.82, 2.24) is 4.98 Å². The van der Waals surface area contributed by atoms with Crippen LogP contribution < -0.4 is 11.1 Å². The summed E-state index contributed by atoms with van der Waals surface area (Å²) in [4.78, 5) is 21.5. The van der Waals surface area contributed by atoms with E-state index in [0.717, 1.165) is 0 Å². The minimum absolute atomic E-state index is 0.158. The first kappa shape index (κ1) is 22.9. The first-order valence-electron chi connectivity index (χ1n) is 10.5. The van der Waals surface area contributed by atoms with Crippen LogP contribution >= 0.6 is 0 Å². The van der Waals surface area contributed by atoms with Crippen LogP contribution in [0.3, 0.4) is 0 Å². The fourth-order valence-electron chi connectivity index (χ4n) is 4.56. The molecule has 0 radical (unpaired) electrons. The van der Waals surface area contributed by atoms with E-state index >= 15 is 4.39 Å². The molecule has 2 aromatic rings. The zero-order chi connectivity index (χ0) is 24.2. The van der Waals surface area contributed by atoms with Crippen molar-refractivity contribution in [2.45, 2.75) is 49.7 Å². The van der Waals surface area contributed by atoms with Gasteiger partial charge in [0.15, 0.2) is 0 Å². The lowest BCUT2D eigenvalue weighted by Crippen LogP contribution is -2.58. The number of pyridine rings is 1. The number of carbonyl (C=O) groups excluding carboxylic acids is 1. The molecule has 3 atom stereocenters. The third kappa shape index (κ3) is 3.38. The highest BCUT2D eigenvalue weighted by Crippen LogP contribution is 2.48. The number of hydrogen-bond donors (Lipinski definition) is 2. The number of halogens is 1. The van der Waals surface area contributed by atoms with Gasteiger partial charge in [0.25, 0.3) is 5.91 Å². The van der Waals surface area contributed by atoms with Crippen molar-refractivity contribution in [3.05, 3.63) is 58.7 Å². The fraction of sp³-hybridized carbons (Fsp3) is 0.391. The van der Waals surface area contributed by atoms with Gasteiger partial charge in [-0.3, -0.25) is 9.79 Å². The van der Waals surface area contributed by atoms with Gasteiger partial charge in [-0.25, -0.2) is 17.9 Å². The maximum absolute atomic E-state index is 15.1. The average Bonchev–Trinajstić information content (AvgIpc) is 3.18. The molecule has 2 aliphatic heterocycles. The Hall–Kier alpha value is -3.32. The molecule has 1 aromatic heterocycles. The number of nitrogens with one attached hydrogen (secondary N) is 1. The lowest BCUT2D eigenvalue weighted by molar-refractivity contribution is 0.102. The van der Waals surface area contributed by atoms with E-state index in [1.807, 2.05) is 6.07 Å². The number of amidine groups is 1. The molecular weight excluding hydrogens is 443 g/mol. The van der Waals surface area contributed by atoms with E-state index in [2.05, 4.69) is 19.7 Å². The van der Waals surface area contributed by atoms with Crippen molar-refractivity contribution in [3.8, 4) is 6.07 Å². The maximum Gasteiger partial charge on any atom is 0.274 e. The maximum atomic E-state index is 15.1. The molecule has 8 nitrogen and oxygen atoms in total. The Morgan fingerprint density at radius 2 is 2.06 bits per heavy atom. The van der Waals surface area contributed by atoms with Crippen LogP contribution in [0.1, 0.15) is 54.4 Å². The molecule has 3 N–H and O–H groups in total. The van der Waals surface area contributed by atoms with Crippen molar-refractivity contribution in [2.24, 2.45) is 15.1 Å². The summed E-state index contributed by atoms with van der Waals surface area (Å²) in [6, 6.07) is 7.73. The zero-order valence-electron chi connectivity index (χ0n) is 18.8. The molecule has 10 heteroatoms. The number of nitriles is 1. The van der Waals surface area contributed by atoms with Crippen LogP contribution in [0.5, 0.6) is 0 Å². The number of hydrogen-bond acceptors (Lipinski definition) is 7. The number of nitrogens with two attached hydrogens (primary N) is 1. The number of carbonyl (C=O) groups is 1. The first-order chi connectivity index (χ1) is 15.4. The Morgan fingerprint density at radius 3 is 2.73 bits per heavy atom. The molecule has 2 aliphatic rings. The second-order valence-electron chi connectivity index (χ2n) is 9.00. The highest BCUT2D eigenvalue weighted by molar-refractivity contribution is 7.96. The predicted octanol–water partition coefficient (Wildman–Crippen LogP) is 3.26.